The van der Waals surface area contributed by atoms with Crippen molar-refractivity contribution in [3.05, 3.63) is 52.8 Å². The zero-order valence-corrected chi connectivity index (χ0v) is 10.2. The van der Waals surface area contributed by atoms with Gasteiger partial charge in [0.15, 0.2) is 0 Å². The Morgan fingerprint density at radius 3 is 2.94 bits per heavy atom. The second kappa shape index (κ2) is 5.39. The van der Waals surface area contributed by atoms with Crippen LogP contribution >= 0.6 is 11.6 Å². The molecule has 0 fully saturated rings. The molecule has 0 spiro atoms. The maximum absolute atomic E-state index is 8.74. The van der Waals surface area contributed by atoms with Crippen molar-refractivity contribution >= 4 is 17.3 Å². The molecule has 0 atom stereocenters. The summed E-state index contributed by atoms with van der Waals surface area (Å²) in [5.74, 6) is 0.520. The van der Waals surface area contributed by atoms with Crippen LogP contribution in [0.25, 0.3) is 0 Å². The van der Waals surface area contributed by atoms with Gasteiger partial charge in [0.1, 0.15) is 24.1 Å². The molecule has 1 heterocycles. The number of benzene rings is 1. The third-order valence-corrected chi connectivity index (χ3v) is 2.60. The average Bonchev–Trinajstić information content (AvgIpc) is 2.40. The number of ether oxygens (including phenoxy) is 1. The summed E-state index contributed by atoms with van der Waals surface area (Å²) < 4.78 is 5.55. The molecule has 1 aromatic heterocycles. The number of anilines is 1. The van der Waals surface area contributed by atoms with Gasteiger partial charge in [0.05, 0.1) is 5.02 Å². The van der Waals surface area contributed by atoms with Crippen molar-refractivity contribution < 1.29 is 4.74 Å². The molecule has 2 N–H and O–H groups in total. The van der Waals surface area contributed by atoms with E-state index in [1.165, 1.54) is 0 Å². The summed E-state index contributed by atoms with van der Waals surface area (Å²) >= 11 is 5.98. The summed E-state index contributed by atoms with van der Waals surface area (Å²) in [5.41, 5.74) is 7.44. The molecule has 4 nitrogen and oxygen atoms in total. The lowest BCUT2D eigenvalue weighted by atomic mass is 10.2. The number of aromatic nitrogens is 1. The highest BCUT2D eigenvalue weighted by Crippen LogP contribution is 2.27. The highest BCUT2D eigenvalue weighted by atomic mass is 35.5. The first kappa shape index (κ1) is 12.2. The third-order valence-electron chi connectivity index (χ3n) is 2.29. The number of hydrogen-bond acceptors (Lipinski definition) is 4. The Kier molecular flexibility index (Phi) is 3.66. The number of nitrogens with two attached hydrogens (primary N) is 1. The first-order valence-electron chi connectivity index (χ1n) is 5.22. The van der Waals surface area contributed by atoms with Gasteiger partial charge in [-0.15, -0.1) is 0 Å². The van der Waals surface area contributed by atoms with Crippen LogP contribution in [0.5, 0.6) is 5.75 Å². The molecule has 18 heavy (non-hydrogen) atoms. The van der Waals surface area contributed by atoms with Crippen LogP contribution in [0.1, 0.15) is 11.3 Å². The topological polar surface area (TPSA) is 71.9 Å². The number of halogens is 1. The van der Waals surface area contributed by atoms with Gasteiger partial charge in [-0.2, -0.15) is 5.26 Å². The molecular formula is C13H10ClN3O. The van der Waals surface area contributed by atoms with Crippen LogP contribution in [0, 0.1) is 11.3 Å². The summed E-state index contributed by atoms with van der Waals surface area (Å²) in [6, 6.07) is 10.5. The van der Waals surface area contributed by atoms with Crippen molar-refractivity contribution in [1.29, 1.82) is 5.26 Å². The van der Waals surface area contributed by atoms with E-state index in [4.69, 9.17) is 27.3 Å². The lowest BCUT2D eigenvalue weighted by molar-refractivity contribution is 0.306. The maximum atomic E-state index is 8.74. The minimum absolute atomic E-state index is 0.306. The Balaban J connectivity index is 2.11. The molecule has 0 aliphatic rings. The zero-order chi connectivity index (χ0) is 13.0. The van der Waals surface area contributed by atoms with Crippen LogP contribution in [-0.2, 0) is 6.61 Å². The average molecular weight is 260 g/mol. The Hall–Kier alpha value is -2.25. The molecule has 2 rings (SSSR count). The summed E-state index contributed by atoms with van der Waals surface area (Å²) in [6.07, 6.45) is 1.57. The quantitative estimate of drug-likeness (QED) is 0.861. The number of hydrogen-bond donors (Lipinski definition) is 1. The van der Waals surface area contributed by atoms with E-state index in [-0.39, 0.29) is 0 Å². The molecule has 5 heteroatoms. The normalized spacial score (nSPS) is 9.78. The van der Waals surface area contributed by atoms with Crippen LogP contribution in [0.2, 0.25) is 5.02 Å². The summed E-state index contributed by atoms with van der Waals surface area (Å²) in [5, 5.41) is 9.24. The Morgan fingerprint density at radius 1 is 1.33 bits per heavy atom. The standard InChI is InChI=1S/C13H10ClN3O/c14-12-2-1-10(16)6-13(12)18-8-9-3-4-17-11(5-9)7-15/h1-6H,8,16H2. The smallest absolute Gasteiger partial charge is 0.140 e. The van der Waals surface area contributed by atoms with Crippen LogP contribution in [0.4, 0.5) is 5.69 Å². The van der Waals surface area contributed by atoms with Crippen molar-refractivity contribution in [2.75, 3.05) is 5.73 Å². The van der Waals surface area contributed by atoms with Gasteiger partial charge in [-0.3, -0.25) is 0 Å². The van der Waals surface area contributed by atoms with Gasteiger partial charge in [-0.05, 0) is 29.8 Å². The number of nitriles is 1. The van der Waals surface area contributed by atoms with Gasteiger partial charge in [-0.1, -0.05) is 11.6 Å². The molecule has 0 bridgehead atoms. The van der Waals surface area contributed by atoms with E-state index in [1.54, 1.807) is 36.5 Å². The number of nitrogens with zero attached hydrogens (tertiary/aromatic N) is 2. The fourth-order valence-electron chi connectivity index (χ4n) is 1.42. The van der Waals surface area contributed by atoms with Crippen LogP contribution < -0.4 is 10.5 Å². The Morgan fingerprint density at radius 2 is 2.17 bits per heavy atom. The first-order valence-corrected chi connectivity index (χ1v) is 5.59. The SMILES string of the molecule is N#Cc1cc(COc2cc(N)ccc2Cl)ccn1. The van der Waals surface area contributed by atoms with E-state index in [1.807, 2.05) is 6.07 Å². The minimum Gasteiger partial charge on any atom is -0.487 e. The summed E-state index contributed by atoms with van der Waals surface area (Å²) in [6.45, 7) is 0.306. The molecule has 1 aromatic carbocycles. The fraction of sp³-hybridized carbons (Fsp3) is 0.0769. The molecule has 0 aliphatic carbocycles. The highest BCUT2D eigenvalue weighted by Gasteiger charge is 2.03. The lowest BCUT2D eigenvalue weighted by Crippen LogP contribution is -1.98. The van der Waals surface area contributed by atoms with Crippen LogP contribution in [-0.4, -0.2) is 4.98 Å². The molecule has 0 saturated carbocycles. The van der Waals surface area contributed by atoms with Crippen molar-refractivity contribution in [1.82, 2.24) is 4.98 Å². The number of pyridine rings is 1. The largest absolute Gasteiger partial charge is 0.487 e. The molecule has 90 valence electrons. The molecule has 0 unspecified atom stereocenters. The monoisotopic (exact) mass is 259 g/mol. The van der Waals surface area contributed by atoms with Gasteiger partial charge in [-0.25, -0.2) is 4.98 Å². The predicted molar refractivity (Wildman–Crippen MR) is 69.1 cm³/mol. The molecule has 0 radical (unpaired) electrons. The van der Waals surface area contributed by atoms with Crippen molar-refractivity contribution in [2.45, 2.75) is 6.61 Å². The second-order valence-corrected chi connectivity index (χ2v) is 4.05. The molecule has 0 amide bonds. The van der Waals surface area contributed by atoms with Crippen molar-refractivity contribution in [3.8, 4) is 11.8 Å². The van der Waals surface area contributed by atoms with Gasteiger partial charge in [0, 0.05) is 18.0 Å². The molecule has 2 aromatic rings. The van der Waals surface area contributed by atoms with E-state index in [2.05, 4.69) is 4.98 Å². The summed E-state index contributed by atoms with van der Waals surface area (Å²) in [4.78, 5) is 3.88. The third kappa shape index (κ3) is 2.90. The lowest BCUT2D eigenvalue weighted by Gasteiger charge is -2.08. The Labute approximate surface area is 110 Å². The second-order valence-electron chi connectivity index (χ2n) is 3.64. The maximum Gasteiger partial charge on any atom is 0.140 e. The van der Waals surface area contributed by atoms with Gasteiger partial charge >= 0.3 is 0 Å². The van der Waals surface area contributed by atoms with E-state index in [9.17, 15) is 0 Å². The molecule has 0 saturated heterocycles. The number of rotatable bonds is 3. The Bertz CT molecular complexity index is 607. The number of nitrogen functional groups attached to an aromatic ring is 1. The fourth-order valence-corrected chi connectivity index (χ4v) is 1.59. The van der Waals surface area contributed by atoms with Gasteiger partial charge in [0.2, 0.25) is 0 Å². The minimum atomic E-state index is 0.306. The zero-order valence-electron chi connectivity index (χ0n) is 9.43. The van der Waals surface area contributed by atoms with E-state index in [0.717, 1.165) is 5.56 Å². The van der Waals surface area contributed by atoms with Gasteiger partial charge < -0.3 is 10.5 Å². The van der Waals surface area contributed by atoms with Crippen LogP contribution in [0.3, 0.4) is 0 Å². The molecule has 0 aliphatic heterocycles. The van der Waals surface area contributed by atoms with Crippen molar-refractivity contribution in [2.24, 2.45) is 0 Å². The highest BCUT2D eigenvalue weighted by molar-refractivity contribution is 6.32. The predicted octanol–water partition coefficient (Wildman–Crippen LogP) is 2.77. The van der Waals surface area contributed by atoms with E-state index >= 15 is 0 Å². The van der Waals surface area contributed by atoms with E-state index in [0.29, 0.717) is 28.8 Å². The van der Waals surface area contributed by atoms with Crippen molar-refractivity contribution in [3.63, 3.8) is 0 Å². The van der Waals surface area contributed by atoms with Gasteiger partial charge in [0.25, 0.3) is 0 Å². The summed E-state index contributed by atoms with van der Waals surface area (Å²) in [7, 11) is 0. The van der Waals surface area contributed by atoms with E-state index < -0.39 is 0 Å². The molecular weight excluding hydrogens is 250 g/mol. The van der Waals surface area contributed by atoms with Crippen LogP contribution in [0.15, 0.2) is 36.5 Å². The first-order chi connectivity index (χ1) is 8.69.